The van der Waals surface area contributed by atoms with Crippen molar-refractivity contribution in [2.24, 2.45) is 5.73 Å². The van der Waals surface area contributed by atoms with Gasteiger partial charge in [0.2, 0.25) is 0 Å². The number of benzene rings is 1. The van der Waals surface area contributed by atoms with Crippen LogP contribution in [0.1, 0.15) is 32.1 Å². The van der Waals surface area contributed by atoms with Crippen LogP contribution in [-0.4, -0.2) is 12.1 Å². The molecule has 1 aliphatic rings. The molecule has 0 unspecified atom stereocenters. The summed E-state index contributed by atoms with van der Waals surface area (Å²) < 4.78 is 5.65. The third-order valence-electron chi connectivity index (χ3n) is 3.37. The quantitative estimate of drug-likeness (QED) is 0.899. The fourth-order valence-electron chi connectivity index (χ4n) is 2.29. The first kappa shape index (κ1) is 13.0. The lowest BCUT2D eigenvalue weighted by Crippen LogP contribution is -2.37. The molecule has 94 valence electrons. The van der Waals surface area contributed by atoms with E-state index in [1.165, 1.54) is 12.8 Å². The Bertz CT molecular complexity index is 389. The zero-order valence-corrected chi connectivity index (χ0v) is 11.2. The first-order valence-corrected chi connectivity index (χ1v) is 6.72. The zero-order chi connectivity index (χ0) is 12.3. The molecule has 0 amide bonds. The molecule has 1 aliphatic carbocycles. The Morgan fingerprint density at radius 2 is 1.94 bits per heavy atom. The van der Waals surface area contributed by atoms with Crippen LogP contribution in [0, 0.1) is 0 Å². The predicted molar refractivity (Wildman–Crippen MR) is 72.0 cm³/mol. The Morgan fingerprint density at radius 3 is 2.65 bits per heavy atom. The van der Waals surface area contributed by atoms with Gasteiger partial charge in [-0.25, -0.2) is 0 Å². The van der Waals surface area contributed by atoms with E-state index in [2.05, 4.69) is 0 Å². The maximum Gasteiger partial charge on any atom is 0.139 e. The normalized spacial score (nSPS) is 18.3. The number of rotatable bonds is 4. The van der Waals surface area contributed by atoms with Gasteiger partial charge < -0.3 is 10.5 Å². The van der Waals surface area contributed by atoms with Crippen molar-refractivity contribution in [3.05, 3.63) is 28.2 Å². The van der Waals surface area contributed by atoms with Crippen LogP contribution in [0.25, 0.3) is 0 Å². The monoisotopic (exact) mass is 273 g/mol. The van der Waals surface area contributed by atoms with E-state index in [9.17, 15) is 0 Å². The van der Waals surface area contributed by atoms with Crippen LogP contribution in [0.15, 0.2) is 18.2 Å². The van der Waals surface area contributed by atoms with Gasteiger partial charge in [0.25, 0.3) is 0 Å². The Balaban J connectivity index is 1.88. The molecule has 2 rings (SSSR count). The second-order valence-corrected chi connectivity index (χ2v) is 5.51. The average molecular weight is 274 g/mol. The summed E-state index contributed by atoms with van der Waals surface area (Å²) in [6.07, 6.45) is 5.53. The van der Waals surface area contributed by atoms with Gasteiger partial charge in [-0.15, -0.1) is 0 Å². The summed E-state index contributed by atoms with van der Waals surface area (Å²) in [6, 6.07) is 5.40. The Labute approximate surface area is 112 Å². The number of halogens is 2. The highest BCUT2D eigenvalue weighted by Crippen LogP contribution is 2.33. The van der Waals surface area contributed by atoms with E-state index in [1.54, 1.807) is 6.07 Å². The van der Waals surface area contributed by atoms with Gasteiger partial charge in [-0.1, -0.05) is 42.1 Å². The topological polar surface area (TPSA) is 35.2 Å². The van der Waals surface area contributed by atoms with Crippen molar-refractivity contribution < 1.29 is 4.74 Å². The van der Waals surface area contributed by atoms with E-state index in [0.717, 1.165) is 19.3 Å². The Kier molecular flexibility index (Phi) is 4.18. The number of hydrogen-bond acceptors (Lipinski definition) is 2. The van der Waals surface area contributed by atoms with Gasteiger partial charge in [-0.05, 0) is 31.4 Å². The van der Waals surface area contributed by atoms with Gasteiger partial charge in [-0.2, -0.15) is 0 Å². The van der Waals surface area contributed by atoms with Crippen molar-refractivity contribution >= 4 is 23.2 Å². The van der Waals surface area contributed by atoms with E-state index >= 15 is 0 Å². The molecule has 0 aromatic heterocycles. The lowest BCUT2D eigenvalue weighted by atomic mass is 9.95. The summed E-state index contributed by atoms with van der Waals surface area (Å²) >= 11 is 11.9. The van der Waals surface area contributed by atoms with E-state index in [-0.39, 0.29) is 5.54 Å². The van der Waals surface area contributed by atoms with Gasteiger partial charge >= 0.3 is 0 Å². The van der Waals surface area contributed by atoms with Gasteiger partial charge in [0.1, 0.15) is 10.8 Å². The molecule has 0 spiro atoms. The number of nitrogens with two attached hydrogens (primary N) is 1. The molecule has 0 radical (unpaired) electrons. The molecule has 17 heavy (non-hydrogen) atoms. The van der Waals surface area contributed by atoms with Gasteiger partial charge in [-0.3, -0.25) is 0 Å². The maximum absolute atomic E-state index is 6.25. The van der Waals surface area contributed by atoms with Crippen LogP contribution in [0.3, 0.4) is 0 Å². The van der Waals surface area contributed by atoms with Crippen molar-refractivity contribution in [1.29, 1.82) is 0 Å². The van der Waals surface area contributed by atoms with Crippen molar-refractivity contribution in [2.45, 2.75) is 37.6 Å². The lowest BCUT2D eigenvalue weighted by Gasteiger charge is -2.23. The van der Waals surface area contributed by atoms with E-state index < -0.39 is 0 Å². The Hall–Kier alpha value is -0.440. The second-order valence-electron chi connectivity index (χ2n) is 4.72. The first-order valence-electron chi connectivity index (χ1n) is 5.96. The van der Waals surface area contributed by atoms with Crippen molar-refractivity contribution in [1.82, 2.24) is 0 Å². The van der Waals surface area contributed by atoms with E-state index in [4.69, 9.17) is 33.7 Å². The highest BCUT2D eigenvalue weighted by molar-refractivity contribution is 6.42. The summed E-state index contributed by atoms with van der Waals surface area (Å²) in [5.74, 6) is 0.640. The van der Waals surface area contributed by atoms with Gasteiger partial charge in [0.15, 0.2) is 0 Å². The molecular weight excluding hydrogens is 257 g/mol. The average Bonchev–Trinajstić information content (AvgIpc) is 2.72. The van der Waals surface area contributed by atoms with Crippen LogP contribution in [0.4, 0.5) is 0 Å². The summed E-state index contributed by atoms with van der Waals surface area (Å²) in [4.78, 5) is 0. The second kappa shape index (κ2) is 5.47. The highest BCUT2D eigenvalue weighted by Gasteiger charge is 2.28. The summed E-state index contributed by atoms with van der Waals surface area (Å²) in [7, 11) is 0. The molecule has 2 nitrogen and oxygen atoms in total. The summed E-state index contributed by atoms with van der Waals surface area (Å²) in [5, 5.41) is 0.999. The highest BCUT2D eigenvalue weighted by atomic mass is 35.5. The molecule has 0 bridgehead atoms. The molecule has 1 aromatic rings. The molecule has 0 heterocycles. The molecule has 0 saturated heterocycles. The van der Waals surface area contributed by atoms with Crippen molar-refractivity contribution in [3.63, 3.8) is 0 Å². The predicted octanol–water partition coefficient (Wildman–Crippen LogP) is 4.03. The standard InChI is InChI=1S/C13H17Cl2NO/c14-10-4-3-5-11(12(10)15)17-9-8-13(16)6-1-2-7-13/h3-5H,1-2,6-9,16H2. The largest absolute Gasteiger partial charge is 0.492 e. The lowest BCUT2D eigenvalue weighted by molar-refractivity contribution is 0.258. The summed E-state index contributed by atoms with van der Waals surface area (Å²) in [6.45, 7) is 0.594. The Morgan fingerprint density at radius 1 is 1.24 bits per heavy atom. The fraction of sp³-hybridized carbons (Fsp3) is 0.538. The molecule has 0 aliphatic heterocycles. The van der Waals surface area contributed by atoms with Crippen LogP contribution >= 0.6 is 23.2 Å². The first-order chi connectivity index (χ1) is 8.11. The van der Waals surface area contributed by atoms with Gasteiger partial charge in [0.05, 0.1) is 11.6 Å². The third-order valence-corrected chi connectivity index (χ3v) is 4.17. The van der Waals surface area contributed by atoms with Crippen LogP contribution in [0.5, 0.6) is 5.75 Å². The molecule has 4 heteroatoms. The number of hydrogen-bond donors (Lipinski definition) is 1. The molecular formula is C13H17Cl2NO. The van der Waals surface area contributed by atoms with Crippen molar-refractivity contribution in [2.75, 3.05) is 6.61 Å². The smallest absolute Gasteiger partial charge is 0.139 e. The van der Waals surface area contributed by atoms with Crippen LogP contribution in [-0.2, 0) is 0 Å². The van der Waals surface area contributed by atoms with Crippen LogP contribution < -0.4 is 10.5 Å². The molecule has 0 atom stereocenters. The molecule has 2 N–H and O–H groups in total. The maximum atomic E-state index is 6.25. The van der Waals surface area contributed by atoms with Gasteiger partial charge in [0, 0.05) is 5.54 Å². The fourth-order valence-corrected chi connectivity index (χ4v) is 2.64. The molecule has 1 aromatic carbocycles. The van der Waals surface area contributed by atoms with Crippen LogP contribution in [0.2, 0.25) is 10.0 Å². The minimum Gasteiger partial charge on any atom is -0.492 e. The van der Waals surface area contributed by atoms with Crippen molar-refractivity contribution in [3.8, 4) is 5.75 Å². The SMILES string of the molecule is NC1(CCOc2cccc(Cl)c2Cl)CCCC1. The number of ether oxygens (including phenoxy) is 1. The molecule has 1 fully saturated rings. The summed E-state index contributed by atoms with van der Waals surface area (Å²) in [5.41, 5.74) is 6.22. The molecule has 1 saturated carbocycles. The minimum atomic E-state index is -0.0367. The van der Waals surface area contributed by atoms with E-state index in [1.807, 2.05) is 12.1 Å². The third kappa shape index (κ3) is 3.27. The zero-order valence-electron chi connectivity index (χ0n) is 9.72. The minimum absolute atomic E-state index is 0.0367. The van der Waals surface area contributed by atoms with E-state index in [0.29, 0.717) is 22.4 Å².